The van der Waals surface area contributed by atoms with Crippen LogP contribution in [0.5, 0.6) is 0 Å². The van der Waals surface area contributed by atoms with Crippen LogP contribution in [0.25, 0.3) is 0 Å². The Morgan fingerprint density at radius 1 is 1.60 bits per heavy atom. The number of halogens is 1. The number of fused-ring (bicyclic) bond motifs is 1. The van der Waals surface area contributed by atoms with Gasteiger partial charge in [0.1, 0.15) is 5.82 Å². The summed E-state index contributed by atoms with van der Waals surface area (Å²) in [6.07, 6.45) is 1.30. The molecule has 0 aliphatic carbocycles. The Kier molecular flexibility index (Phi) is 4.14. The molecule has 1 aromatic carbocycles. The largest absolute Gasteiger partial charge is 0.394 e. The lowest BCUT2D eigenvalue weighted by Crippen LogP contribution is -2.37. The van der Waals surface area contributed by atoms with Gasteiger partial charge in [0.15, 0.2) is 0 Å². The van der Waals surface area contributed by atoms with Crippen LogP contribution in [0.3, 0.4) is 0 Å². The van der Waals surface area contributed by atoms with E-state index in [1.54, 1.807) is 6.07 Å². The highest BCUT2D eigenvalue weighted by molar-refractivity contribution is 6.05. The molecule has 2 atom stereocenters. The molecule has 0 spiro atoms. The second kappa shape index (κ2) is 5.83. The summed E-state index contributed by atoms with van der Waals surface area (Å²) in [6.45, 7) is 3.21. The molecule has 5 nitrogen and oxygen atoms in total. The highest BCUT2D eigenvalue weighted by atomic mass is 19.1. The molecule has 1 heterocycles. The van der Waals surface area contributed by atoms with Crippen molar-refractivity contribution in [2.45, 2.75) is 18.4 Å². The van der Waals surface area contributed by atoms with E-state index < -0.39 is 29.6 Å². The molecular weight excluding hydrogens is 263 g/mol. The third kappa shape index (κ3) is 2.70. The van der Waals surface area contributed by atoms with Crippen molar-refractivity contribution < 1.29 is 19.1 Å². The number of hydrogen-bond acceptors (Lipinski definition) is 3. The molecular formula is C14H15FN2O3. The summed E-state index contributed by atoms with van der Waals surface area (Å²) in [4.78, 5) is 23.6. The number of carbonyl (C=O) groups is 2. The van der Waals surface area contributed by atoms with Gasteiger partial charge in [0, 0.05) is 6.42 Å². The van der Waals surface area contributed by atoms with Crippen molar-refractivity contribution in [2.24, 2.45) is 0 Å². The van der Waals surface area contributed by atoms with E-state index in [0.717, 1.165) is 0 Å². The maximum atomic E-state index is 13.5. The molecule has 2 amide bonds. The molecule has 0 bridgehead atoms. The van der Waals surface area contributed by atoms with Gasteiger partial charge >= 0.3 is 0 Å². The minimum Gasteiger partial charge on any atom is -0.394 e. The first-order chi connectivity index (χ1) is 9.56. The van der Waals surface area contributed by atoms with Gasteiger partial charge in [-0.3, -0.25) is 9.59 Å². The maximum Gasteiger partial charge on any atom is 0.232 e. The molecule has 0 saturated heterocycles. The second-order valence-electron chi connectivity index (χ2n) is 4.54. The van der Waals surface area contributed by atoms with Gasteiger partial charge in [0.2, 0.25) is 11.8 Å². The molecule has 20 heavy (non-hydrogen) atoms. The average Bonchev–Trinajstić information content (AvgIpc) is 2.74. The Morgan fingerprint density at radius 2 is 2.35 bits per heavy atom. The van der Waals surface area contributed by atoms with Crippen molar-refractivity contribution >= 4 is 17.5 Å². The zero-order chi connectivity index (χ0) is 14.7. The first kappa shape index (κ1) is 14.2. The molecule has 1 aliphatic rings. The number of nitrogens with one attached hydrogen (secondary N) is 2. The zero-order valence-electron chi connectivity index (χ0n) is 10.7. The Balaban J connectivity index is 2.11. The highest BCUT2D eigenvalue weighted by Gasteiger charge is 2.34. The van der Waals surface area contributed by atoms with Crippen molar-refractivity contribution in [1.29, 1.82) is 0 Å². The van der Waals surface area contributed by atoms with E-state index >= 15 is 0 Å². The quantitative estimate of drug-likeness (QED) is 0.701. The molecule has 3 N–H and O–H groups in total. The van der Waals surface area contributed by atoms with E-state index in [1.165, 1.54) is 18.2 Å². The summed E-state index contributed by atoms with van der Waals surface area (Å²) in [6, 6.07) is 3.81. The number of amides is 2. The van der Waals surface area contributed by atoms with Gasteiger partial charge in [-0.2, -0.15) is 0 Å². The summed E-state index contributed by atoms with van der Waals surface area (Å²) in [5.41, 5.74) is 0.613. The zero-order valence-corrected chi connectivity index (χ0v) is 10.7. The van der Waals surface area contributed by atoms with Gasteiger partial charge in [0.05, 0.1) is 24.3 Å². The Hall–Kier alpha value is -2.21. The van der Waals surface area contributed by atoms with Crippen LogP contribution >= 0.6 is 0 Å². The summed E-state index contributed by atoms with van der Waals surface area (Å²) >= 11 is 0. The first-order valence-electron chi connectivity index (χ1n) is 6.19. The van der Waals surface area contributed by atoms with Crippen LogP contribution in [-0.4, -0.2) is 29.6 Å². The molecule has 1 unspecified atom stereocenters. The lowest BCUT2D eigenvalue weighted by atomic mass is 9.96. The smallest absolute Gasteiger partial charge is 0.232 e. The average molecular weight is 278 g/mol. The van der Waals surface area contributed by atoms with Crippen molar-refractivity contribution in [3.05, 3.63) is 42.2 Å². The van der Waals surface area contributed by atoms with Crippen molar-refractivity contribution in [1.82, 2.24) is 5.32 Å². The van der Waals surface area contributed by atoms with Gasteiger partial charge in [-0.05, 0) is 11.6 Å². The fraction of sp³-hybridized carbons (Fsp3) is 0.286. The van der Waals surface area contributed by atoms with Crippen LogP contribution in [0.1, 0.15) is 17.9 Å². The normalized spacial score (nSPS) is 18.1. The standard InChI is InChI=1S/C14H15FN2O3/c1-2-8(7-18)16-12(19)6-10-9-4-3-5-11(15)13(9)17-14(10)20/h2-5,8,10,18H,1,6-7H2,(H,16,19)(H,17,20)/t8-,10?/m1/s1. The number of carbonyl (C=O) groups excluding carboxylic acids is 2. The van der Waals surface area contributed by atoms with Gasteiger partial charge < -0.3 is 15.7 Å². The van der Waals surface area contributed by atoms with Crippen LogP contribution in [-0.2, 0) is 9.59 Å². The van der Waals surface area contributed by atoms with Gasteiger partial charge in [-0.1, -0.05) is 18.2 Å². The third-order valence-corrected chi connectivity index (χ3v) is 3.20. The second-order valence-corrected chi connectivity index (χ2v) is 4.54. The van der Waals surface area contributed by atoms with Crippen molar-refractivity contribution in [3.8, 4) is 0 Å². The van der Waals surface area contributed by atoms with Gasteiger partial charge in [-0.15, -0.1) is 6.58 Å². The van der Waals surface area contributed by atoms with Crippen LogP contribution in [0.15, 0.2) is 30.9 Å². The molecule has 0 radical (unpaired) electrons. The summed E-state index contributed by atoms with van der Waals surface area (Å²) in [5, 5.41) is 13.9. The lowest BCUT2D eigenvalue weighted by molar-refractivity contribution is -0.125. The molecule has 6 heteroatoms. The van der Waals surface area contributed by atoms with E-state index in [4.69, 9.17) is 5.11 Å². The molecule has 0 fully saturated rings. The van der Waals surface area contributed by atoms with Gasteiger partial charge in [0.25, 0.3) is 0 Å². The van der Waals surface area contributed by atoms with E-state index in [1.807, 2.05) is 0 Å². The number of rotatable bonds is 5. The predicted molar refractivity (Wildman–Crippen MR) is 71.6 cm³/mol. The fourth-order valence-corrected chi connectivity index (χ4v) is 2.15. The van der Waals surface area contributed by atoms with Crippen LogP contribution in [0.4, 0.5) is 10.1 Å². The minimum absolute atomic E-state index is 0.105. The third-order valence-electron chi connectivity index (χ3n) is 3.20. The van der Waals surface area contributed by atoms with Gasteiger partial charge in [-0.25, -0.2) is 4.39 Å². The molecule has 2 rings (SSSR count). The van der Waals surface area contributed by atoms with Crippen molar-refractivity contribution in [2.75, 3.05) is 11.9 Å². The Labute approximate surface area is 115 Å². The highest BCUT2D eigenvalue weighted by Crippen LogP contribution is 2.36. The molecule has 0 saturated carbocycles. The maximum absolute atomic E-state index is 13.5. The molecule has 1 aromatic rings. The van der Waals surface area contributed by atoms with Crippen LogP contribution in [0.2, 0.25) is 0 Å². The monoisotopic (exact) mass is 278 g/mol. The van der Waals surface area contributed by atoms with E-state index in [2.05, 4.69) is 17.2 Å². The number of anilines is 1. The number of benzene rings is 1. The summed E-state index contributed by atoms with van der Waals surface area (Å²) in [5.74, 6) is -2.04. The Morgan fingerprint density at radius 3 is 3.00 bits per heavy atom. The number of para-hydroxylation sites is 1. The van der Waals surface area contributed by atoms with E-state index in [0.29, 0.717) is 5.56 Å². The minimum atomic E-state index is -0.718. The van der Waals surface area contributed by atoms with E-state index in [9.17, 15) is 14.0 Å². The number of aliphatic hydroxyl groups is 1. The van der Waals surface area contributed by atoms with E-state index in [-0.39, 0.29) is 18.7 Å². The Bertz CT molecular complexity index is 559. The van der Waals surface area contributed by atoms with Crippen LogP contribution < -0.4 is 10.6 Å². The predicted octanol–water partition coefficient (Wildman–Crippen LogP) is 0.915. The molecule has 0 aromatic heterocycles. The molecule has 106 valence electrons. The lowest BCUT2D eigenvalue weighted by Gasteiger charge is -2.14. The fourth-order valence-electron chi connectivity index (χ4n) is 2.15. The SMILES string of the molecule is C=C[C@H](CO)NC(=O)CC1C(=O)Nc2c(F)cccc21. The topological polar surface area (TPSA) is 78.4 Å². The molecule has 1 aliphatic heterocycles. The number of aliphatic hydroxyl groups excluding tert-OH is 1. The summed E-state index contributed by atoms with van der Waals surface area (Å²) < 4.78 is 13.5. The summed E-state index contributed by atoms with van der Waals surface area (Å²) in [7, 11) is 0. The number of hydrogen-bond donors (Lipinski definition) is 3. The first-order valence-corrected chi connectivity index (χ1v) is 6.19. The van der Waals surface area contributed by atoms with Crippen LogP contribution in [0, 0.1) is 5.82 Å². The van der Waals surface area contributed by atoms with Crippen molar-refractivity contribution in [3.63, 3.8) is 0 Å².